The maximum absolute atomic E-state index is 12.3. The first-order valence-corrected chi connectivity index (χ1v) is 6.69. The Balaban J connectivity index is 2.01. The molecule has 0 saturated heterocycles. The van der Waals surface area contributed by atoms with Gasteiger partial charge in [0.25, 0.3) is 0 Å². The van der Waals surface area contributed by atoms with Gasteiger partial charge in [0.05, 0.1) is 0 Å². The largest absolute Gasteiger partial charge is 0.339 e. The summed E-state index contributed by atoms with van der Waals surface area (Å²) in [5.74, 6) is 1.86. The van der Waals surface area contributed by atoms with Crippen LogP contribution < -0.4 is 5.73 Å². The van der Waals surface area contributed by atoms with Crippen LogP contribution in [0, 0.1) is 17.8 Å². The van der Waals surface area contributed by atoms with Gasteiger partial charge < -0.3 is 10.6 Å². The van der Waals surface area contributed by atoms with E-state index in [1.165, 1.54) is 12.8 Å². The van der Waals surface area contributed by atoms with Gasteiger partial charge in [0.15, 0.2) is 0 Å². The third-order valence-electron chi connectivity index (χ3n) is 4.37. The number of rotatable bonds is 4. The molecule has 2 aliphatic rings. The monoisotopic (exact) mass is 224 g/mol. The van der Waals surface area contributed by atoms with Crippen molar-refractivity contribution in [3.63, 3.8) is 0 Å². The van der Waals surface area contributed by atoms with E-state index in [-0.39, 0.29) is 0 Å². The van der Waals surface area contributed by atoms with E-state index in [0.717, 1.165) is 25.9 Å². The summed E-state index contributed by atoms with van der Waals surface area (Å²) >= 11 is 0. The summed E-state index contributed by atoms with van der Waals surface area (Å²) in [5, 5.41) is 0. The number of carbonyl (C=O) groups excluding carboxylic acids is 1. The molecule has 2 aliphatic carbocycles. The van der Waals surface area contributed by atoms with Gasteiger partial charge in [-0.15, -0.1) is 0 Å². The standard InChI is InChI=1S/C13H24N2O/c1-3-15(13(16)11-7-9(11)2)12-6-4-5-10(12)8-14/h9-12H,3-8,14H2,1-2H3. The topological polar surface area (TPSA) is 46.3 Å². The molecule has 0 aromatic carbocycles. The lowest BCUT2D eigenvalue weighted by Gasteiger charge is -2.32. The van der Waals surface area contributed by atoms with Crippen molar-refractivity contribution in [1.29, 1.82) is 0 Å². The number of amides is 1. The molecular formula is C13H24N2O. The van der Waals surface area contributed by atoms with E-state index in [9.17, 15) is 4.79 Å². The average molecular weight is 224 g/mol. The molecule has 92 valence electrons. The van der Waals surface area contributed by atoms with Gasteiger partial charge in [0.1, 0.15) is 0 Å². The van der Waals surface area contributed by atoms with Crippen LogP contribution in [0.15, 0.2) is 0 Å². The summed E-state index contributed by atoms with van der Waals surface area (Å²) < 4.78 is 0. The lowest BCUT2D eigenvalue weighted by Crippen LogP contribution is -2.45. The summed E-state index contributed by atoms with van der Waals surface area (Å²) in [6.07, 6.45) is 4.68. The Morgan fingerprint density at radius 3 is 2.62 bits per heavy atom. The molecule has 2 fully saturated rings. The molecule has 0 aromatic rings. The molecule has 4 unspecified atom stereocenters. The van der Waals surface area contributed by atoms with Crippen LogP contribution >= 0.6 is 0 Å². The molecule has 2 rings (SSSR count). The molecule has 3 heteroatoms. The molecule has 0 heterocycles. The molecular weight excluding hydrogens is 200 g/mol. The molecule has 1 amide bonds. The van der Waals surface area contributed by atoms with Crippen LogP contribution in [0.5, 0.6) is 0 Å². The van der Waals surface area contributed by atoms with Crippen LogP contribution in [0.3, 0.4) is 0 Å². The molecule has 3 nitrogen and oxygen atoms in total. The normalized spacial score (nSPS) is 37.4. The second-order valence-electron chi connectivity index (χ2n) is 5.44. The Bertz CT molecular complexity index is 267. The molecule has 16 heavy (non-hydrogen) atoms. The van der Waals surface area contributed by atoms with Crippen molar-refractivity contribution >= 4 is 5.91 Å². The fraction of sp³-hybridized carbons (Fsp3) is 0.923. The van der Waals surface area contributed by atoms with Gasteiger partial charge >= 0.3 is 0 Å². The first-order valence-electron chi connectivity index (χ1n) is 6.69. The highest BCUT2D eigenvalue weighted by Crippen LogP contribution is 2.41. The summed E-state index contributed by atoms with van der Waals surface area (Å²) in [6.45, 7) is 5.85. The third-order valence-corrected chi connectivity index (χ3v) is 4.37. The van der Waals surface area contributed by atoms with E-state index >= 15 is 0 Å². The minimum atomic E-state index is 0.318. The zero-order valence-corrected chi connectivity index (χ0v) is 10.5. The Morgan fingerprint density at radius 2 is 2.12 bits per heavy atom. The van der Waals surface area contributed by atoms with Crippen molar-refractivity contribution in [3.8, 4) is 0 Å². The molecule has 2 saturated carbocycles. The number of hydrogen-bond donors (Lipinski definition) is 1. The second kappa shape index (κ2) is 4.74. The maximum Gasteiger partial charge on any atom is 0.226 e. The Morgan fingerprint density at radius 1 is 1.44 bits per heavy atom. The van der Waals surface area contributed by atoms with E-state index in [2.05, 4.69) is 18.7 Å². The van der Waals surface area contributed by atoms with E-state index in [1.807, 2.05) is 0 Å². The average Bonchev–Trinajstić information content (AvgIpc) is 2.83. The quantitative estimate of drug-likeness (QED) is 0.788. The molecule has 0 aliphatic heterocycles. The van der Waals surface area contributed by atoms with Crippen LogP contribution in [-0.4, -0.2) is 29.9 Å². The van der Waals surface area contributed by atoms with E-state index in [0.29, 0.717) is 29.7 Å². The number of nitrogens with two attached hydrogens (primary N) is 1. The van der Waals surface area contributed by atoms with Crippen LogP contribution in [-0.2, 0) is 4.79 Å². The third kappa shape index (κ3) is 2.10. The van der Waals surface area contributed by atoms with E-state index < -0.39 is 0 Å². The summed E-state index contributed by atoms with van der Waals surface area (Å²) in [4.78, 5) is 14.4. The first kappa shape index (κ1) is 11.9. The highest BCUT2D eigenvalue weighted by Gasteiger charge is 2.44. The van der Waals surface area contributed by atoms with Gasteiger partial charge in [-0.05, 0) is 44.6 Å². The SMILES string of the molecule is CCN(C(=O)C1CC1C)C1CCCC1CN. The fourth-order valence-corrected chi connectivity index (χ4v) is 3.14. The summed E-state index contributed by atoms with van der Waals surface area (Å²) in [5.41, 5.74) is 5.80. The Kier molecular flexibility index (Phi) is 3.53. The second-order valence-corrected chi connectivity index (χ2v) is 5.44. The van der Waals surface area contributed by atoms with Crippen molar-refractivity contribution in [2.24, 2.45) is 23.5 Å². The van der Waals surface area contributed by atoms with E-state index in [4.69, 9.17) is 5.73 Å². The smallest absolute Gasteiger partial charge is 0.226 e. The highest BCUT2D eigenvalue weighted by molar-refractivity contribution is 5.82. The van der Waals surface area contributed by atoms with Crippen LogP contribution in [0.1, 0.15) is 39.5 Å². The zero-order valence-electron chi connectivity index (χ0n) is 10.5. The minimum Gasteiger partial charge on any atom is -0.339 e. The van der Waals surface area contributed by atoms with Gasteiger partial charge in [-0.3, -0.25) is 4.79 Å². The van der Waals surface area contributed by atoms with Gasteiger partial charge in [-0.2, -0.15) is 0 Å². The number of carbonyl (C=O) groups is 1. The van der Waals surface area contributed by atoms with Gasteiger partial charge in [0, 0.05) is 18.5 Å². The molecule has 0 radical (unpaired) electrons. The van der Waals surface area contributed by atoms with E-state index in [1.54, 1.807) is 0 Å². The van der Waals surface area contributed by atoms with Gasteiger partial charge in [-0.1, -0.05) is 13.3 Å². The number of nitrogens with zero attached hydrogens (tertiary/aromatic N) is 1. The predicted octanol–water partition coefficient (Wildman–Crippen LogP) is 1.62. The van der Waals surface area contributed by atoms with Crippen LogP contribution in [0.4, 0.5) is 0 Å². The Labute approximate surface area is 98.4 Å². The summed E-state index contributed by atoms with van der Waals surface area (Å²) in [7, 11) is 0. The fourth-order valence-electron chi connectivity index (χ4n) is 3.14. The zero-order chi connectivity index (χ0) is 11.7. The lowest BCUT2D eigenvalue weighted by atomic mass is 10.0. The van der Waals surface area contributed by atoms with Crippen molar-refractivity contribution in [2.75, 3.05) is 13.1 Å². The number of hydrogen-bond acceptors (Lipinski definition) is 2. The van der Waals surface area contributed by atoms with Crippen LogP contribution in [0.2, 0.25) is 0 Å². The molecule has 0 spiro atoms. The van der Waals surface area contributed by atoms with Crippen molar-refractivity contribution in [3.05, 3.63) is 0 Å². The van der Waals surface area contributed by atoms with Gasteiger partial charge in [0.2, 0.25) is 5.91 Å². The summed E-state index contributed by atoms with van der Waals surface area (Å²) in [6, 6.07) is 0.426. The Hall–Kier alpha value is -0.570. The van der Waals surface area contributed by atoms with Crippen molar-refractivity contribution < 1.29 is 4.79 Å². The minimum absolute atomic E-state index is 0.318. The van der Waals surface area contributed by atoms with Gasteiger partial charge in [-0.25, -0.2) is 0 Å². The van der Waals surface area contributed by atoms with Crippen molar-refractivity contribution in [2.45, 2.75) is 45.6 Å². The molecule has 4 atom stereocenters. The lowest BCUT2D eigenvalue weighted by molar-refractivity contribution is -0.135. The highest BCUT2D eigenvalue weighted by atomic mass is 16.2. The predicted molar refractivity (Wildman–Crippen MR) is 64.8 cm³/mol. The molecule has 2 N–H and O–H groups in total. The molecule has 0 aromatic heterocycles. The van der Waals surface area contributed by atoms with Crippen molar-refractivity contribution in [1.82, 2.24) is 4.90 Å². The molecule has 0 bridgehead atoms. The first-order chi connectivity index (χ1) is 7.69. The van der Waals surface area contributed by atoms with Crippen LogP contribution in [0.25, 0.3) is 0 Å². The maximum atomic E-state index is 12.3.